The Morgan fingerprint density at radius 1 is 1.40 bits per heavy atom. The summed E-state index contributed by atoms with van der Waals surface area (Å²) in [6.45, 7) is 2.30. The summed E-state index contributed by atoms with van der Waals surface area (Å²) in [7, 11) is 0. The first-order chi connectivity index (χ1) is 12.1. The number of nitriles is 1. The molecule has 2 aliphatic rings. The van der Waals surface area contributed by atoms with E-state index in [1.165, 1.54) is 0 Å². The first-order valence-electron chi connectivity index (χ1n) is 8.13. The zero-order valence-electron chi connectivity index (χ0n) is 13.6. The lowest BCUT2D eigenvalue weighted by Crippen LogP contribution is -2.30. The molecule has 4 rings (SSSR count). The molecule has 3 atom stereocenters. The zero-order valence-corrected chi connectivity index (χ0v) is 13.6. The summed E-state index contributed by atoms with van der Waals surface area (Å²) in [6, 6.07) is 9.47. The van der Waals surface area contributed by atoms with Crippen LogP contribution in [-0.2, 0) is 9.53 Å². The fourth-order valence-electron chi connectivity index (χ4n) is 3.07. The van der Waals surface area contributed by atoms with Crippen molar-refractivity contribution in [1.82, 2.24) is 4.98 Å². The lowest BCUT2D eigenvalue weighted by Gasteiger charge is -2.18. The number of aromatic nitrogens is 1. The van der Waals surface area contributed by atoms with Crippen LogP contribution in [0.2, 0.25) is 0 Å². The van der Waals surface area contributed by atoms with Crippen molar-refractivity contribution in [2.45, 2.75) is 19.4 Å². The highest BCUT2D eigenvalue weighted by Gasteiger charge is 2.43. The predicted octanol–water partition coefficient (Wildman–Crippen LogP) is 2.68. The van der Waals surface area contributed by atoms with Crippen LogP contribution in [-0.4, -0.2) is 29.6 Å². The molecule has 126 valence electrons. The normalized spacial score (nSPS) is 24.7. The van der Waals surface area contributed by atoms with Gasteiger partial charge in [0.25, 0.3) is 0 Å². The van der Waals surface area contributed by atoms with Crippen LogP contribution in [0, 0.1) is 23.2 Å². The van der Waals surface area contributed by atoms with Crippen molar-refractivity contribution in [1.29, 1.82) is 5.26 Å². The number of ether oxygens (including phenoxy) is 1. The second-order valence-corrected chi connectivity index (χ2v) is 6.46. The molecule has 1 aromatic carbocycles. The zero-order chi connectivity index (χ0) is 17.6. The van der Waals surface area contributed by atoms with Crippen LogP contribution in [0.3, 0.4) is 0 Å². The van der Waals surface area contributed by atoms with Crippen molar-refractivity contribution < 1.29 is 14.3 Å². The van der Waals surface area contributed by atoms with E-state index in [2.05, 4.69) is 16.4 Å². The van der Waals surface area contributed by atoms with E-state index >= 15 is 0 Å². The standard InChI is InChI=1S/C18H16N4O3/c1-10-9-25-18(24)22(10)14-3-2-11-8-20-16(6-12(11)4-14)21-17(23)15-5-13(15)7-19/h2-4,6,8,10,13,15H,5,9H2,1H3,(H,20,21,23)/t10-,13-,15+/m0/s1. The third kappa shape index (κ3) is 2.76. The van der Waals surface area contributed by atoms with Gasteiger partial charge in [-0.15, -0.1) is 0 Å². The lowest BCUT2D eigenvalue weighted by atomic mass is 10.1. The number of carbonyl (C=O) groups is 2. The van der Waals surface area contributed by atoms with E-state index in [-0.39, 0.29) is 29.9 Å². The van der Waals surface area contributed by atoms with Crippen LogP contribution >= 0.6 is 0 Å². The second kappa shape index (κ2) is 5.74. The van der Waals surface area contributed by atoms with E-state index in [1.807, 2.05) is 25.1 Å². The molecule has 1 N–H and O–H groups in total. The molecule has 0 spiro atoms. The van der Waals surface area contributed by atoms with Crippen LogP contribution in [0.4, 0.5) is 16.3 Å². The van der Waals surface area contributed by atoms with Gasteiger partial charge in [0.15, 0.2) is 0 Å². The summed E-state index contributed by atoms with van der Waals surface area (Å²) in [5.41, 5.74) is 0.748. The van der Waals surface area contributed by atoms with E-state index in [0.717, 1.165) is 16.5 Å². The Hall–Kier alpha value is -3.14. The molecule has 0 unspecified atom stereocenters. The van der Waals surface area contributed by atoms with Gasteiger partial charge in [-0.25, -0.2) is 9.78 Å². The molecule has 0 radical (unpaired) electrons. The van der Waals surface area contributed by atoms with Crippen molar-refractivity contribution in [2.75, 3.05) is 16.8 Å². The summed E-state index contributed by atoms with van der Waals surface area (Å²) in [4.78, 5) is 29.8. The molecule has 7 nitrogen and oxygen atoms in total. The fourth-order valence-corrected chi connectivity index (χ4v) is 3.07. The van der Waals surface area contributed by atoms with Crippen molar-refractivity contribution in [3.63, 3.8) is 0 Å². The van der Waals surface area contributed by atoms with Gasteiger partial charge in [0.1, 0.15) is 12.4 Å². The highest BCUT2D eigenvalue weighted by Crippen LogP contribution is 2.38. The number of anilines is 2. The van der Waals surface area contributed by atoms with E-state index < -0.39 is 0 Å². The van der Waals surface area contributed by atoms with Gasteiger partial charge in [-0.1, -0.05) is 6.07 Å². The van der Waals surface area contributed by atoms with Crippen LogP contribution in [0.1, 0.15) is 13.3 Å². The second-order valence-electron chi connectivity index (χ2n) is 6.46. The number of nitrogens with one attached hydrogen (secondary N) is 1. The monoisotopic (exact) mass is 336 g/mol. The quantitative estimate of drug-likeness (QED) is 0.930. The highest BCUT2D eigenvalue weighted by atomic mass is 16.6. The summed E-state index contributed by atoms with van der Waals surface area (Å²) in [6.07, 6.45) is 1.93. The van der Waals surface area contributed by atoms with Gasteiger partial charge in [-0.05, 0) is 36.9 Å². The number of hydrogen-bond donors (Lipinski definition) is 1. The molecule has 1 aromatic heterocycles. The number of amides is 2. The molecule has 1 saturated heterocycles. The van der Waals surface area contributed by atoms with Gasteiger partial charge in [-0.3, -0.25) is 9.69 Å². The maximum Gasteiger partial charge on any atom is 0.414 e. The van der Waals surface area contributed by atoms with E-state index in [9.17, 15) is 9.59 Å². The first-order valence-corrected chi connectivity index (χ1v) is 8.13. The molecule has 2 heterocycles. The molecule has 25 heavy (non-hydrogen) atoms. The van der Waals surface area contributed by atoms with Crippen molar-refractivity contribution >= 4 is 34.3 Å². The summed E-state index contributed by atoms with van der Waals surface area (Å²) < 4.78 is 5.07. The van der Waals surface area contributed by atoms with Gasteiger partial charge in [0, 0.05) is 17.3 Å². The molecule has 1 saturated carbocycles. The molecule has 2 fully saturated rings. The van der Waals surface area contributed by atoms with Crippen LogP contribution in [0.15, 0.2) is 30.5 Å². The minimum Gasteiger partial charge on any atom is -0.447 e. The molecule has 1 aliphatic heterocycles. The first kappa shape index (κ1) is 15.4. The number of cyclic esters (lactones) is 1. The van der Waals surface area contributed by atoms with Gasteiger partial charge < -0.3 is 10.1 Å². The van der Waals surface area contributed by atoms with Crippen LogP contribution < -0.4 is 10.2 Å². The molecule has 7 heteroatoms. The number of nitrogens with zero attached hydrogens (tertiary/aromatic N) is 3. The molecular formula is C18H16N4O3. The minimum atomic E-state index is -0.356. The minimum absolute atomic E-state index is 0.0243. The average molecular weight is 336 g/mol. The SMILES string of the molecule is C[C@H]1COC(=O)N1c1ccc2cnc(NC(=O)[C@@H]3C[C@H]3C#N)cc2c1. The Bertz CT molecular complexity index is 920. The predicted molar refractivity (Wildman–Crippen MR) is 90.9 cm³/mol. The Morgan fingerprint density at radius 3 is 2.92 bits per heavy atom. The molecule has 2 aromatic rings. The largest absolute Gasteiger partial charge is 0.447 e. The van der Waals surface area contributed by atoms with Crippen molar-refractivity contribution in [3.8, 4) is 6.07 Å². The van der Waals surface area contributed by atoms with Crippen LogP contribution in [0.25, 0.3) is 10.8 Å². The molecule has 0 bridgehead atoms. The van der Waals surface area contributed by atoms with E-state index in [0.29, 0.717) is 18.8 Å². The van der Waals surface area contributed by atoms with Crippen LogP contribution in [0.5, 0.6) is 0 Å². The number of carbonyl (C=O) groups excluding carboxylic acids is 2. The topological polar surface area (TPSA) is 95.3 Å². The molecular weight excluding hydrogens is 320 g/mol. The lowest BCUT2D eigenvalue weighted by molar-refractivity contribution is -0.117. The Balaban J connectivity index is 1.60. The van der Waals surface area contributed by atoms with Crippen molar-refractivity contribution in [3.05, 3.63) is 30.5 Å². The average Bonchev–Trinajstić information content (AvgIpc) is 3.33. The maximum absolute atomic E-state index is 12.1. The smallest absolute Gasteiger partial charge is 0.414 e. The van der Waals surface area contributed by atoms with Gasteiger partial charge in [0.05, 0.1) is 23.9 Å². The Kier molecular flexibility index (Phi) is 3.53. The van der Waals surface area contributed by atoms with E-state index in [4.69, 9.17) is 10.00 Å². The maximum atomic E-state index is 12.1. The number of pyridine rings is 1. The van der Waals surface area contributed by atoms with Gasteiger partial charge >= 0.3 is 6.09 Å². The van der Waals surface area contributed by atoms with Gasteiger partial charge in [0.2, 0.25) is 5.91 Å². The number of hydrogen-bond acceptors (Lipinski definition) is 5. The number of fused-ring (bicyclic) bond motifs is 1. The fraction of sp³-hybridized carbons (Fsp3) is 0.333. The highest BCUT2D eigenvalue weighted by molar-refractivity contribution is 5.98. The summed E-state index contributed by atoms with van der Waals surface area (Å²) >= 11 is 0. The third-order valence-electron chi connectivity index (χ3n) is 4.61. The van der Waals surface area contributed by atoms with Crippen molar-refractivity contribution in [2.24, 2.45) is 11.8 Å². The van der Waals surface area contributed by atoms with Gasteiger partial charge in [-0.2, -0.15) is 5.26 Å². The Morgan fingerprint density at radius 2 is 2.24 bits per heavy atom. The summed E-state index contributed by atoms with van der Waals surface area (Å²) in [5.74, 6) is -0.162. The summed E-state index contributed by atoms with van der Waals surface area (Å²) in [5, 5.41) is 13.4. The molecule has 2 amide bonds. The molecule has 1 aliphatic carbocycles. The third-order valence-corrected chi connectivity index (χ3v) is 4.61. The number of benzene rings is 1. The number of rotatable bonds is 3. The Labute approximate surface area is 144 Å². The van der Waals surface area contributed by atoms with E-state index in [1.54, 1.807) is 17.2 Å².